The number of hydrogen-bond donors (Lipinski definition) is 1. The standard InChI is InChI=1S/C19H32N4S2/c1-19(2)15-23(9-11-25-19)18(20-3)21-12-16-6-4-8-22(13-16)14-17-7-5-10-24-17/h5,7,10,16H,4,6,8-9,11-15H2,1-3H3,(H,20,21). The minimum Gasteiger partial charge on any atom is -0.356 e. The first-order valence-electron chi connectivity index (χ1n) is 9.40. The Morgan fingerprint density at radius 3 is 3.00 bits per heavy atom. The number of likely N-dealkylation sites (tertiary alicyclic amines) is 1. The molecule has 1 aromatic rings. The average molecular weight is 381 g/mol. The minimum atomic E-state index is 0.318. The monoisotopic (exact) mass is 380 g/mol. The fraction of sp³-hybridized carbons (Fsp3) is 0.737. The van der Waals surface area contributed by atoms with E-state index in [0.717, 1.165) is 38.1 Å². The molecular formula is C19H32N4S2. The molecule has 0 spiro atoms. The van der Waals surface area contributed by atoms with Gasteiger partial charge >= 0.3 is 0 Å². The van der Waals surface area contributed by atoms with Gasteiger partial charge in [-0.3, -0.25) is 9.89 Å². The molecule has 0 radical (unpaired) electrons. The zero-order valence-corrected chi connectivity index (χ0v) is 17.5. The highest BCUT2D eigenvalue weighted by Gasteiger charge is 2.29. The molecule has 0 aromatic carbocycles. The third-order valence-corrected chi connectivity index (χ3v) is 7.21. The van der Waals surface area contributed by atoms with Gasteiger partial charge in [0.2, 0.25) is 0 Å². The van der Waals surface area contributed by atoms with E-state index >= 15 is 0 Å². The van der Waals surface area contributed by atoms with Gasteiger partial charge in [0, 0.05) is 55.1 Å². The van der Waals surface area contributed by atoms with Crippen molar-refractivity contribution < 1.29 is 0 Å². The van der Waals surface area contributed by atoms with Crippen molar-refractivity contribution in [2.24, 2.45) is 10.9 Å². The van der Waals surface area contributed by atoms with Crippen molar-refractivity contribution in [1.29, 1.82) is 0 Å². The molecule has 140 valence electrons. The molecule has 3 rings (SSSR count). The largest absolute Gasteiger partial charge is 0.356 e. The topological polar surface area (TPSA) is 30.9 Å². The number of thioether (sulfide) groups is 1. The van der Waals surface area contributed by atoms with Gasteiger partial charge in [-0.05, 0) is 50.6 Å². The Morgan fingerprint density at radius 2 is 2.28 bits per heavy atom. The predicted octanol–water partition coefficient (Wildman–Crippen LogP) is 3.36. The van der Waals surface area contributed by atoms with Crippen LogP contribution in [0.25, 0.3) is 0 Å². The summed E-state index contributed by atoms with van der Waals surface area (Å²) < 4.78 is 0.318. The number of aliphatic imine (C=N–C) groups is 1. The summed E-state index contributed by atoms with van der Waals surface area (Å²) in [4.78, 5) is 11.1. The van der Waals surface area contributed by atoms with Gasteiger partial charge in [0.1, 0.15) is 0 Å². The number of thiophene rings is 1. The molecular weight excluding hydrogens is 348 g/mol. The number of rotatable bonds is 4. The summed E-state index contributed by atoms with van der Waals surface area (Å²) in [6.45, 7) is 11.4. The van der Waals surface area contributed by atoms with Crippen molar-refractivity contribution in [3.8, 4) is 0 Å². The van der Waals surface area contributed by atoms with Crippen molar-refractivity contribution >= 4 is 29.1 Å². The molecule has 0 amide bonds. The highest BCUT2D eigenvalue weighted by atomic mass is 32.2. The third kappa shape index (κ3) is 5.63. The lowest BCUT2D eigenvalue weighted by Crippen LogP contribution is -2.52. The highest BCUT2D eigenvalue weighted by molar-refractivity contribution is 8.00. The highest BCUT2D eigenvalue weighted by Crippen LogP contribution is 2.29. The maximum absolute atomic E-state index is 4.55. The van der Waals surface area contributed by atoms with Gasteiger partial charge in [-0.2, -0.15) is 11.8 Å². The first-order chi connectivity index (χ1) is 12.1. The van der Waals surface area contributed by atoms with E-state index in [4.69, 9.17) is 0 Å². The molecule has 6 heteroatoms. The fourth-order valence-electron chi connectivity index (χ4n) is 3.85. The van der Waals surface area contributed by atoms with Crippen LogP contribution in [0.15, 0.2) is 22.5 Å². The van der Waals surface area contributed by atoms with Crippen molar-refractivity contribution in [1.82, 2.24) is 15.1 Å². The molecule has 1 unspecified atom stereocenters. The molecule has 0 bridgehead atoms. The maximum Gasteiger partial charge on any atom is 0.193 e. The van der Waals surface area contributed by atoms with E-state index < -0.39 is 0 Å². The van der Waals surface area contributed by atoms with Crippen LogP contribution in [0.4, 0.5) is 0 Å². The van der Waals surface area contributed by atoms with Crippen LogP contribution in [0.5, 0.6) is 0 Å². The van der Waals surface area contributed by atoms with Gasteiger partial charge in [0.15, 0.2) is 5.96 Å². The summed E-state index contributed by atoms with van der Waals surface area (Å²) in [6.07, 6.45) is 2.63. The zero-order chi connectivity index (χ0) is 17.7. The van der Waals surface area contributed by atoms with Crippen LogP contribution in [0.2, 0.25) is 0 Å². The van der Waals surface area contributed by atoms with E-state index in [1.807, 2.05) is 18.4 Å². The van der Waals surface area contributed by atoms with E-state index in [1.54, 1.807) is 0 Å². The SMILES string of the molecule is CN=C(NCC1CCCN(Cc2cccs2)C1)N1CCSC(C)(C)C1. The normalized spacial score (nSPS) is 25.2. The summed E-state index contributed by atoms with van der Waals surface area (Å²) in [5, 5.41) is 5.85. The molecule has 2 aliphatic heterocycles. The fourth-order valence-corrected chi connectivity index (χ4v) is 5.71. The smallest absolute Gasteiger partial charge is 0.193 e. The lowest BCUT2D eigenvalue weighted by atomic mass is 9.98. The number of nitrogens with one attached hydrogen (secondary N) is 1. The maximum atomic E-state index is 4.55. The zero-order valence-electron chi connectivity index (χ0n) is 15.8. The van der Waals surface area contributed by atoms with Crippen LogP contribution < -0.4 is 5.32 Å². The van der Waals surface area contributed by atoms with Crippen molar-refractivity contribution in [2.75, 3.05) is 45.5 Å². The molecule has 1 aromatic heterocycles. The molecule has 1 atom stereocenters. The van der Waals surface area contributed by atoms with E-state index in [9.17, 15) is 0 Å². The van der Waals surface area contributed by atoms with Crippen LogP contribution in [-0.2, 0) is 6.54 Å². The van der Waals surface area contributed by atoms with Crippen LogP contribution in [-0.4, -0.2) is 66.0 Å². The Hall–Kier alpha value is -0.720. The van der Waals surface area contributed by atoms with Gasteiger partial charge in [-0.25, -0.2) is 0 Å². The van der Waals surface area contributed by atoms with Gasteiger partial charge in [-0.1, -0.05) is 6.07 Å². The van der Waals surface area contributed by atoms with Gasteiger partial charge in [-0.15, -0.1) is 11.3 Å². The number of guanidine groups is 1. The van der Waals surface area contributed by atoms with Crippen molar-refractivity contribution in [2.45, 2.75) is 38.0 Å². The second-order valence-electron chi connectivity index (χ2n) is 7.78. The molecule has 1 N–H and O–H groups in total. The first-order valence-corrected chi connectivity index (χ1v) is 11.3. The lowest BCUT2D eigenvalue weighted by molar-refractivity contribution is 0.169. The molecule has 2 aliphatic rings. The summed E-state index contributed by atoms with van der Waals surface area (Å²) in [5.41, 5.74) is 0. The Balaban J connectivity index is 1.48. The molecule has 25 heavy (non-hydrogen) atoms. The van der Waals surface area contributed by atoms with Crippen LogP contribution in [0, 0.1) is 5.92 Å². The third-order valence-electron chi connectivity index (χ3n) is 5.05. The minimum absolute atomic E-state index is 0.318. The molecule has 3 heterocycles. The van der Waals surface area contributed by atoms with Crippen LogP contribution >= 0.6 is 23.1 Å². The molecule has 0 saturated carbocycles. The van der Waals surface area contributed by atoms with Crippen molar-refractivity contribution in [3.05, 3.63) is 22.4 Å². The lowest BCUT2D eigenvalue weighted by Gasteiger charge is -2.40. The summed E-state index contributed by atoms with van der Waals surface area (Å²) in [6, 6.07) is 4.41. The number of hydrogen-bond acceptors (Lipinski definition) is 4. The second-order valence-corrected chi connectivity index (χ2v) is 10.6. The predicted molar refractivity (Wildman–Crippen MR) is 112 cm³/mol. The summed E-state index contributed by atoms with van der Waals surface area (Å²) in [5.74, 6) is 2.99. The Bertz CT molecular complexity index is 556. The number of piperidine rings is 1. The van der Waals surface area contributed by atoms with Gasteiger partial charge in [0.25, 0.3) is 0 Å². The summed E-state index contributed by atoms with van der Waals surface area (Å²) in [7, 11) is 1.92. The van der Waals surface area contributed by atoms with E-state index in [1.165, 1.54) is 36.6 Å². The Morgan fingerprint density at radius 1 is 1.40 bits per heavy atom. The number of nitrogens with zero attached hydrogens (tertiary/aromatic N) is 3. The van der Waals surface area contributed by atoms with Crippen LogP contribution in [0.3, 0.4) is 0 Å². The quantitative estimate of drug-likeness (QED) is 0.641. The molecule has 2 fully saturated rings. The van der Waals surface area contributed by atoms with E-state index in [-0.39, 0.29) is 0 Å². The van der Waals surface area contributed by atoms with Crippen molar-refractivity contribution in [3.63, 3.8) is 0 Å². The van der Waals surface area contributed by atoms with E-state index in [0.29, 0.717) is 4.75 Å². The Kier molecular flexibility index (Phi) is 6.69. The molecule has 2 saturated heterocycles. The van der Waals surface area contributed by atoms with Crippen LogP contribution in [0.1, 0.15) is 31.6 Å². The Labute approximate surface area is 161 Å². The van der Waals surface area contributed by atoms with Gasteiger partial charge < -0.3 is 10.2 Å². The molecule has 0 aliphatic carbocycles. The molecule has 4 nitrogen and oxygen atoms in total. The van der Waals surface area contributed by atoms with Gasteiger partial charge in [0.05, 0.1) is 0 Å². The summed E-state index contributed by atoms with van der Waals surface area (Å²) >= 11 is 3.94. The first kappa shape index (κ1) is 19.1. The second kappa shape index (κ2) is 8.78. The van der Waals surface area contributed by atoms with E-state index in [2.05, 4.69) is 63.2 Å². The average Bonchev–Trinajstić information content (AvgIpc) is 3.08.